The van der Waals surface area contributed by atoms with Gasteiger partial charge in [-0.05, 0) is 93.9 Å². The quantitative estimate of drug-likeness (QED) is 0.415. The predicted molar refractivity (Wildman–Crippen MR) is 132 cm³/mol. The highest BCUT2D eigenvalue weighted by molar-refractivity contribution is 9.10. The van der Waals surface area contributed by atoms with Crippen molar-refractivity contribution in [2.45, 2.75) is 50.6 Å². The van der Waals surface area contributed by atoms with Gasteiger partial charge in [-0.2, -0.15) is 5.10 Å². The Morgan fingerprint density at radius 3 is 2.61 bits per heavy atom. The third-order valence-corrected chi connectivity index (χ3v) is 9.01. The molecule has 0 aliphatic heterocycles. The van der Waals surface area contributed by atoms with E-state index in [9.17, 15) is 4.79 Å². The molecule has 4 bridgehead atoms. The lowest BCUT2D eigenvalue weighted by molar-refractivity contribution is -0.150. The molecule has 0 spiro atoms. The molecular weight excluding hydrogens is 572 g/mol. The van der Waals surface area contributed by atoms with E-state index in [4.69, 9.17) is 11.6 Å². The lowest BCUT2D eigenvalue weighted by Crippen LogP contribution is -2.60. The largest absolute Gasteiger partial charge is 0.308 e. The normalized spacial score (nSPS) is 30.0. The molecule has 1 N–H and O–H groups in total. The van der Waals surface area contributed by atoms with E-state index < -0.39 is 5.41 Å². The van der Waals surface area contributed by atoms with Crippen LogP contribution in [0, 0.1) is 17.3 Å². The molecule has 172 valence electrons. The van der Waals surface area contributed by atoms with Crippen LogP contribution in [0.5, 0.6) is 0 Å². The maximum atomic E-state index is 13.8. The van der Waals surface area contributed by atoms with Crippen molar-refractivity contribution in [2.75, 3.05) is 5.32 Å². The van der Waals surface area contributed by atoms with Gasteiger partial charge in [-0.15, -0.1) is 5.10 Å². The van der Waals surface area contributed by atoms with Gasteiger partial charge in [0.05, 0.1) is 22.0 Å². The average molecular weight is 595 g/mol. The topological polar surface area (TPSA) is 77.6 Å². The molecule has 0 radical (unpaired) electrons. The number of hydrogen-bond acceptors (Lipinski definition) is 4. The van der Waals surface area contributed by atoms with Crippen LogP contribution in [0.3, 0.4) is 0 Å². The van der Waals surface area contributed by atoms with Crippen LogP contribution in [-0.2, 0) is 16.9 Å². The van der Waals surface area contributed by atoms with Gasteiger partial charge in [0.15, 0.2) is 5.82 Å². The van der Waals surface area contributed by atoms with Crippen molar-refractivity contribution in [3.05, 3.63) is 56.6 Å². The van der Waals surface area contributed by atoms with Crippen molar-refractivity contribution in [3.63, 3.8) is 0 Å². The van der Waals surface area contributed by atoms with E-state index >= 15 is 0 Å². The zero-order valence-electron chi connectivity index (χ0n) is 17.8. The van der Waals surface area contributed by atoms with Crippen molar-refractivity contribution in [1.29, 1.82) is 0 Å². The molecule has 0 saturated heterocycles. The highest BCUT2D eigenvalue weighted by atomic mass is 79.9. The minimum Gasteiger partial charge on any atom is -0.308 e. The number of anilines is 1. The van der Waals surface area contributed by atoms with Crippen molar-refractivity contribution in [1.82, 2.24) is 24.5 Å². The van der Waals surface area contributed by atoms with Crippen LogP contribution in [0.2, 0.25) is 5.02 Å². The minimum absolute atomic E-state index is 0.0730. The van der Waals surface area contributed by atoms with Gasteiger partial charge in [0.25, 0.3) is 0 Å². The molecule has 2 unspecified atom stereocenters. The van der Waals surface area contributed by atoms with Crippen molar-refractivity contribution in [3.8, 4) is 0 Å². The molecule has 4 saturated carbocycles. The lowest BCUT2D eigenvalue weighted by Gasteiger charge is -2.60. The highest BCUT2D eigenvalue weighted by Gasteiger charge is 2.61. The lowest BCUT2D eigenvalue weighted by atomic mass is 9.46. The third-order valence-electron chi connectivity index (χ3n) is 7.70. The van der Waals surface area contributed by atoms with Crippen LogP contribution in [-0.4, -0.2) is 30.5 Å². The first kappa shape index (κ1) is 21.8. The summed E-state index contributed by atoms with van der Waals surface area (Å²) in [5.74, 6) is 1.71. The van der Waals surface area contributed by atoms with E-state index in [2.05, 4.69) is 52.4 Å². The molecule has 4 aliphatic carbocycles. The molecule has 7 rings (SSSR count). The van der Waals surface area contributed by atoms with Gasteiger partial charge in [0.2, 0.25) is 10.6 Å². The van der Waals surface area contributed by atoms with Crippen molar-refractivity contribution < 1.29 is 4.79 Å². The number of benzene rings is 1. The van der Waals surface area contributed by atoms with Crippen molar-refractivity contribution in [2.24, 2.45) is 17.3 Å². The zero-order valence-corrected chi connectivity index (χ0v) is 21.8. The number of rotatable bonds is 5. The van der Waals surface area contributed by atoms with Crippen LogP contribution in [0.1, 0.15) is 44.1 Å². The van der Waals surface area contributed by atoms with Gasteiger partial charge in [0.1, 0.15) is 6.33 Å². The fourth-order valence-electron chi connectivity index (χ4n) is 6.82. The van der Waals surface area contributed by atoms with Crippen LogP contribution in [0.15, 0.2) is 46.0 Å². The summed E-state index contributed by atoms with van der Waals surface area (Å²) in [7, 11) is 0. The van der Waals surface area contributed by atoms with E-state index in [1.165, 1.54) is 6.42 Å². The molecular formula is C23H23Br2ClN6O. The Labute approximate surface area is 213 Å². The summed E-state index contributed by atoms with van der Waals surface area (Å²) in [6, 6.07) is 7.72. The number of amides is 1. The van der Waals surface area contributed by atoms with Gasteiger partial charge >= 0.3 is 0 Å². The standard InChI is InChI=1S/C23H23Br2ClN6O/c24-17-11-31(10-16-3-1-2-4-18(16)26)29-19(17)28-20(33)22-6-14-5-15(7-22)9-23(8-14,12-22)32-13-27-21(25)30-32/h1-4,11,13-15H,5-10,12H2,(H,28,29,33). The second-order valence-electron chi connectivity index (χ2n) is 9.99. The van der Waals surface area contributed by atoms with Gasteiger partial charge in [0, 0.05) is 11.2 Å². The number of hydrogen-bond donors (Lipinski definition) is 1. The Balaban J connectivity index is 1.25. The van der Waals surface area contributed by atoms with Crippen LogP contribution >= 0.6 is 43.5 Å². The molecule has 1 amide bonds. The Morgan fingerprint density at radius 2 is 1.91 bits per heavy atom. The molecule has 1 aromatic carbocycles. The Kier molecular flexibility index (Phi) is 5.23. The van der Waals surface area contributed by atoms with Crippen molar-refractivity contribution >= 4 is 55.2 Å². The van der Waals surface area contributed by atoms with Gasteiger partial charge < -0.3 is 5.32 Å². The van der Waals surface area contributed by atoms with E-state index in [1.54, 1.807) is 4.68 Å². The summed E-state index contributed by atoms with van der Waals surface area (Å²) < 4.78 is 5.19. The molecule has 4 fully saturated rings. The molecule has 2 aromatic heterocycles. The number of carbonyl (C=O) groups excluding carboxylic acids is 1. The van der Waals surface area contributed by atoms with Crippen LogP contribution in [0.25, 0.3) is 0 Å². The first-order valence-corrected chi connectivity index (χ1v) is 13.2. The predicted octanol–water partition coefficient (Wildman–Crippen LogP) is 5.64. The average Bonchev–Trinajstić information content (AvgIpc) is 3.35. The summed E-state index contributed by atoms with van der Waals surface area (Å²) in [4.78, 5) is 18.1. The van der Waals surface area contributed by atoms with Gasteiger partial charge in [-0.3, -0.25) is 9.48 Å². The summed E-state index contributed by atoms with van der Waals surface area (Å²) in [5, 5.41) is 13.1. The Morgan fingerprint density at radius 1 is 1.15 bits per heavy atom. The SMILES string of the molecule is O=C(Nc1nn(Cc2ccccc2Cl)cc1Br)C12CC3CC(C1)CC(n1cnc(Br)n1)(C3)C2. The molecule has 2 heterocycles. The summed E-state index contributed by atoms with van der Waals surface area (Å²) >= 11 is 13.3. The second kappa shape index (κ2) is 7.92. The van der Waals surface area contributed by atoms with E-state index in [-0.39, 0.29) is 11.4 Å². The fraction of sp³-hybridized carbons (Fsp3) is 0.478. The molecule has 2 atom stereocenters. The first-order chi connectivity index (χ1) is 15.8. The smallest absolute Gasteiger partial charge is 0.231 e. The summed E-state index contributed by atoms with van der Waals surface area (Å²) in [6.07, 6.45) is 9.73. The fourth-order valence-corrected chi connectivity index (χ4v) is 7.70. The Bertz CT molecular complexity index is 1230. The Hall–Kier alpha value is -1.71. The summed E-state index contributed by atoms with van der Waals surface area (Å²) in [6.45, 7) is 0.535. The van der Waals surface area contributed by atoms with Gasteiger partial charge in [-0.1, -0.05) is 29.8 Å². The zero-order chi connectivity index (χ0) is 22.8. The van der Waals surface area contributed by atoms with Gasteiger partial charge in [-0.25, -0.2) is 9.67 Å². The minimum atomic E-state index is -0.394. The third kappa shape index (κ3) is 3.76. The van der Waals surface area contributed by atoms with E-state index in [0.717, 1.165) is 42.1 Å². The van der Waals surface area contributed by atoms with Crippen LogP contribution < -0.4 is 5.32 Å². The van der Waals surface area contributed by atoms with Crippen LogP contribution in [0.4, 0.5) is 5.82 Å². The molecule has 7 nitrogen and oxygen atoms in total. The first-order valence-electron chi connectivity index (χ1n) is 11.2. The number of halogens is 3. The summed E-state index contributed by atoms with van der Waals surface area (Å²) in [5.41, 5.74) is 0.462. The number of carbonyl (C=O) groups is 1. The maximum Gasteiger partial charge on any atom is 0.231 e. The second-order valence-corrected chi connectivity index (χ2v) is 12.0. The molecule has 4 aliphatic rings. The number of nitrogens with one attached hydrogen (secondary N) is 1. The molecule has 3 aromatic rings. The monoisotopic (exact) mass is 592 g/mol. The number of nitrogens with zero attached hydrogens (tertiary/aromatic N) is 5. The highest BCUT2D eigenvalue weighted by Crippen LogP contribution is 2.64. The molecule has 33 heavy (non-hydrogen) atoms. The molecule has 10 heteroatoms. The maximum absolute atomic E-state index is 13.8. The van der Waals surface area contributed by atoms with E-state index in [1.807, 2.05) is 41.5 Å². The van der Waals surface area contributed by atoms with E-state index in [0.29, 0.717) is 34.0 Å². The number of aromatic nitrogens is 5.